The van der Waals surface area contributed by atoms with E-state index < -0.39 is 0 Å². The minimum Gasteiger partial charge on any atom is -0.266 e. The molecule has 0 atom stereocenters. The Morgan fingerprint density at radius 3 is 2.44 bits per heavy atom. The first-order chi connectivity index (χ1) is 8.56. The Balaban J connectivity index is 2.04. The first-order valence-corrected chi connectivity index (χ1v) is 6.37. The first-order valence-electron chi connectivity index (χ1n) is 5.49. The lowest BCUT2D eigenvalue weighted by Crippen LogP contribution is -2.30. The van der Waals surface area contributed by atoms with Crippen LogP contribution in [0.1, 0.15) is 26.6 Å². The molecular formula is C12H14N4OS. The van der Waals surface area contributed by atoms with Gasteiger partial charge in [-0.15, -0.1) is 11.3 Å². The maximum Gasteiger partial charge on any atom is 0.280 e. The van der Waals surface area contributed by atoms with E-state index in [4.69, 9.17) is 0 Å². The van der Waals surface area contributed by atoms with E-state index in [0.29, 0.717) is 10.8 Å². The van der Waals surface area contributed by atoms with Gasteiger partial charge in [0.15, 0.2) is 0 Å². The number of hydrazine groups is 1. The number of carbonyl (C=O) groups excluding carboxylic acids is 1. The summed E-state index contributed by atoms with van der Waals surface area (Å²) in [7, 11) is 0. The van der Waals surface area contributed by atoms with Crippen LogP contribution in [0.4, 0.5) is 5.95 Å². The van der Waals surface area contributed by atoms with E-state index in [0.717, 1.165) is 17.0 Å². The molecule has 2 N–H and O–H groups in total. The molecule has 0 saturated heterocycles. The van der Waals surface area contributed by atoms with Gasteiger partial charge in [0, 0.05) is 11.4 Å². The molecular weight excluding hydrogens is 248 g/mol. The van der Waals surface area contributed by atoms with Gasteiger partial charge in [0.2, 0.25) is 5.95 Å². The maximum absolute atomic E-state index is 11.9. The maximum atomic E-state index is 11.9. The number of amides is 1. The quantitative estimate of drug-likeness (QED) is 0.832. The molecule has 0 aromatic carbocycles. The second-order valence-electron chi connectivity index (χ2n) is 3.99. The van der Waals surface area contributed by atoms with Gasteiger partial charge in [0.1, 0.15) is 0 Å². The third-order valence-corrected chi connectivity index (χ3v) is 3.35. The summed E-state index contributed by atoms with van der Waals surface area (Å²) >= 11 is 1.41. The molecule has 2 aromatic heterocycles. The van der Waals surface area contributed by atoms with E-state index in [9.17, 15) is 4.79 Å². The van der Waals surface area contributed by atoms with Gasteiger partial charge < -0.3 is 0 Å². The number of anilines is 1. The standard InChI is InChI=1S/C12H14N4OS/c1-7-4-5-18-10(7)11(17)15-16-12-13-8(2)6-9(3)14-12/h4-6H,1-3H3,(H,15,17)(H,13,14,16). The number of hydrogen-bond acceptors (Lipinski definition) is 5. The Kier molecular flexibility index (Phi) is 3.57. The Labute approximate surface area is 109 Å². The fraction of sp³-hybridized carbons (Fsp3) is 0.250. The summed E-state index contributed by atoms with van der Waals surface area (Å²) in [4.78, 5) is 20.9. The van der Waals surface area contributed by atoms with Crippen molar-refractivity contribution >= 4 is 23.2 Å². The molecule has 0 aliphatic heterocycles. The number of nitrogens with one attached hydrogen (secondary N) is 2. The minimum absolute atomic E-state index is 0.176. The minimum atomic E-state index is -0.176. The van der Waals surface area contributed by atoms with E-state index in [1.165, 1.54) is 11.3 Å². The van der Waals surface area contributed by atoms with Crippen molar-refractivity contribution in [2.45, 2.75) is 20.8 Å². The Morgan fingerprint density at radius 2 is 1.89 bits per heavy atom. The highest BCUT2D eigenvalue weighted by Gasteiger charge is 2.10. The molecule has 2 rings (SSSR count). The lowest BCUT2D eigenvalue weighted by atomic mass is 10.3. The Bertz CT molecular complexity index is 559. The number of aromatic nitrogens is 2. The summed E-state index contributed by atoms with van der Waals surface area (Å²) in [6.45, 7) is 5.66. The number of carbonyl (C=O) groups is 1. The Hall–Kier alpha value is -1.95. The van der Waals surface area contributed by atoms with Gasteiger partial charge in [-0.1, -0.05) is 0 Å². The highest BCUT2D eigenvalue weighted by molar-refractivity contribution is 7.12. The summed E-state index contributed by atoms with van der Waals surface area (Å²) in [5, 5.41) is 1.89. The third-order valence-electron chi connectivity index (χ3n) is 2.34. The predicted molar refractivity (Wildman–Crippen MR) is 71.7 cm³/mol. The highest BCUT2D eigenvalue weighted by Crippen LogP contribution is 2.14. The molecule has 1 amide bonds. The van der Waals surface area contributed by atoms with Gasteiger partial charge in [-0.3, -0.25) is 15.6 Å². The van der Waals surface area contributed by atoms with Crippen molar-refractivity contribution in [1.82, 2.24) is 15.4 Å². The van der Waals surface area contributed by atoms with Gasteiger partial charge in [0.25, 0.3) is 5.91 Å². The normalized spacial score (nSPS) is 10.2. The number of nitrogens with zero attached hydrogens (tertiary/aromatic N) is 2. The topological polar surface area (TPSA) is 66.9 Å². The largest absolute Gasteiger partial charge is 0.280 e. The van der Waals surface area contributed by atoms with Crippen molar-refractivity contribution in [3.63, 3.8) is 0 Å². The van der Waals surface area contributed by atoms with Crippen LogP contribution >= 0.6 is 11.3 Å². The van der Waals surface area contributed by atoms with Crippen LogP contribution in [0.25, 0.3) is 0 Å². The van der Waals surface area contributed by atoms with Gasteiger partial charge in [-0.2, -0.15) is 0 Å². The number of rotatable bonds is 3. The lowest BCUT2D eigenvalue weighted by molar-refractivity contribution is 0.0965. The van der Waals surface area contributed by atoms with Crippen molar-refractivity contribution in [1.29, 1.82) is 0 Å². The van der Waals surface area contributed by atoms with Crippen LogP contribution in [0.15, 0.2) is 17.5 Å². The van der Waals surface area contributed by atoms with E-state index in [2.05, 4.69) is 20.8 Å². The molecule has 2 heterocycles. The SMILES string of the molecule is Cc1cc(C)nc(NNC(=O)c2sccc2C)n1. The summed E-state index contributed by atoms with van der Waals surface area (Å²) in [5.41, 5.74) is 7.99. The van der Waals surface area contributed by atoms with Crippen LogP contribution in [-0.4, -0.2) is 15.9 Å². The molecule has 6 heteroatoms. The van der Waals surface area contributed by atoms with Gasteiger partial charge in [-0.05, 0) is 43.8 Å². The van der Waals surface area contributed by atoms with Gasteiger partial charge in [0.05, 0.1) is 4.88 Å². The third kappa shape index (κ3) is 2.84. The summed E-state index contributed by atoms with van der Waals surface area (Å²) in [6.07, 6.45) is 0. The smallest absolute Gasteiger partial charge is 0.266 e. The summed E-state index contributed by atoms with van der Waals surface area (Å²) in [6, 6.07) is 3.78. The van der Waals surface area contributed by atoms with Crippen LogP contribution in [0.2, 0.25) is 0 Å². The van der Waals surface area contributed by atoms with E-state index in [-0.39, 0.29) is 5.91 Å². The molecule has 0 fully saturated rings. The van der Waals surface area contributed by atoms with Crippen LogP contribution in [0.5, 0.6) is 0 Å². The monoisotopic (exact) mass is 262 g/mol. The van der Waals surface area contributed by atoms with Crippen LogP contribution in [0.3, 0.4) is 0 Å². The van der Waals surface area contributed by atoms with Gasteiger partial charge >= 0.3 is 0 Å². The van der Waals surface area contributed by atoms with E-state index in [1.54, 1.807) is 0 Å². The van der Waals surface area contributed by atoms with Crippen LogP contribution < -0.4 is 10.9 Å². The second kappa shape index (κ2) is 5.14. The highest BCUT2D eigenvalue weighted by atomic mass is 32.1. The molecule has 94 valence electrons. The molecule has 0 aliphatic carbocycles. The average Bonchev–Trinajstić information content (AvgIpc) is 2.71. The first kappa shape index (κ1) is 12.5. The van der Waals surface area contributed by atoms with Crippen molar-refractivity contribution in [2.24, 2.45) is 0 Å². The van der Waals surface area contributed by atoms with Gasteiger partial charge in [-0.25, -0.2) is 9.97 Å². The molecule has 0 bridgehead atoms. The molecule has 0 aliphatic rings. The van der Waals surface area contributed by atoms with Crippen molar-refractivity contribution < 1.29 is 4.79 Å². The molecule has 5 nitrogen and oxygen atoms in total. The van der Waals surface area contributed by atoms with E-state index in [1.807, 2.05) is 38.3 Å². The van der Waals surface area contributed by atoms with Crippen molar-refractivity contribution in [2.75, 3.05) is 5.43 Å². The van der Waals surface area contributed by atoms with E-state index >= 15 is 0 Å². The predicted octanol–water partition coefficient (Wildman–Crippen LogP) is 2.22. The molecule has 18 heavy (non-hydrogen) atoms. The summed E-state index contributed by atoms with van der Waals surface area (Å²) < 4.78 is 0. The number of thiophene rings is 1. The fourth-order valence-corrected chi connectivity index (χ4v) is 2.38. The second-order valence-corrected chi connectivity index (χ2v) is 4.90. The number of hydrogen-bond donors (Lipinski definition) is 2. The zero-order valence-electron chi connectivity index (χ0n) is 10.4. The molecule has 0 spiro atoms. The van der Waals surface area contributed by atoms with Crippen molar-refractivity contribution in [3.8, 4) is 0 Å². The summed E-state index contributed by atoms with van der Waals surface area (Å²) in [5.74, 6) is 0.223. The fourth-order valence-electron chi connectivity index (χ4n) is 1.56. The van der Waals surface area contributed by atoms with Crippen molar-refractivity contribution in [3.05, 3.63) is 39.3 Å². The zero-order valence-corrected chi connectivity index (χ0v) is 11.3. The lowest BCUT2D eigenvalue weighted by Gasteiger charge is -2.07. The average molecular weight is 262 g/mol. The molecule has 2 aromatic rings. The molecule has 0 unspecified atom stereocenters. The van der Waals surface area contributed by atoms with Crippen LogP contribution in [0, 0.1) is 20.8 Å². The number of aryl methyl sites for hydroxylation is 3. The molecule has 0 saturated carbocycles. The zero-order chi connectivity index (χ0) is 13.1. The Morgan fingerprint density at radius 1 is 1.22 bits per heavy atom. The molecule has 0 radical (unpaired) electrons. The van der Waals surface area contributed by atoms with Crippen LogP contribution in [-0.2, 0) is 0 Å².